The van der Waals surface area contributed by atoms with E-state index in [0.29, 0.717) is 0 Å². The average Bonchev–Trinajstić information content (AvgIpc) is 2.16. The maximum atomic E-state index is 5.14. The number of hydrogen-bond donors (Lipinski definition) is 1. The maximum Gasteiger partial charge on any atom is 0.0211 e. The fraction of sp³-hybridized carbons (Fsp3) is 0.818. The van der Waals surface area contributed by atoms with Gasteiger partial charge in [-0.3, -0.25) is 0 Å². The van der Waals surface area contributed by atoms with E-state index in [1.807, 2.05) is 0 Å². The summed E-state index contributed by atoms with van der Waals surface area (Å²) in [4.78, 5) is 2.45. The molecule has 0 atom stereocenters. The van der Waals surface area contributed by atoms with Crippen molar-refractivity contribution in [1.82, 2.24) is 10.2 Å². The van der Waals surface area contributed by atoms with Gasteiger partial charge >= 0.3 is 0 Å². The van der Waals surface area contributed by atoms with Gasteiger partial charge < -0.3 is 10.2 Å². The molecule has 0 fully saturated rings. The van der Waals surface area contributed by atoms with Gasteiger partial charge in [-0.15, -0.1) is 12.3 Å². The molecule has 76 valence electrons. The highest BCUT2D eigenvalue weighted by atomic mass is 15.1. The van der Waals surface area contributed by atoms with Gasteiger partial charge in [0.05, 0.1) is 0 Å². The largest absolute Gasteiger partial charge is 0.315 e. The highest BCUT2D eigenvalue weighted by Crippen LogP contribution is 1.88. The summed E-state index contributed by atoms with van der Waals surface area (Å²) < 4.78 is 0. The molecule has 0 radical (unpaired) electrons. The lowest BCUT2D eigenvalue weighted by Crippen LogP contribution is -2.32. The van der Waals surface area contributed by atoms with Crippen molar-refractivity contribution in [3.63, 3.8) is 0 Å². The monoisotopic (exact) mass is 182 g/mol. The molecule has 13 heavy (non-hydrogen) atoms. The van der Waals surface area contributed by atoms with Crippen molar-refractivity contribution >= 4 is 0 Å². The molecule has 0 saturated heterocycles. The van der Waals surface area contributed by atoms with Crippen LogP contribution >= 0.6 is 0 Å². The topological polar surface area (TPSA) is 15.3 Å². The Morgan fingerprint density at radius 1 is 1.23 bits per heavy atom. The Bertz CT molecular complexity index is 138. The summed E-state index contributed by atoms with van der Waals surface area (Å²) in [5.41, 5.74) is 0. The molecule has 0 bridgehead atoms. The van der Waals surface area contributed by atoms with Crippen LogP contribution in [0.5, 0.6) is 0 Å². The van der Waals surface area contributed by atoms with Crippen LogP contribution in [0.25, 0.3) is 0 Å². The van der Waals surface area contributed by atoms with Gasteiger partial charge in [0.25, 0.3) is 0 Å². The molecular formula is C11H22N2. The lowest BCUT2D eigenvalue weighted by Gasteiger charge is -2.19. The van der Waals surface area contributed by atoms with Gasteiger partial charge in [0.15, 0.2) is 0 Å². The Balaban J connectivity index is 3.23. The van der Waals surface area contributed by atoms with E-state index in [-0.39, 0.29) is 0 Å². The molecule has 1 N–H and O–H groups in total. The van der Waals surface area contributed by atoms with Gasteiger partial charge in [0.2, 0.25) is 0 Å². The minimum Gasteiger partial charge on any atom is -0.315 e. The SMILES string of the molecule is C#CCCNCCN(CC)CCC. The molecule has 0 rings (SSSR count). The minimum absolute atomic E-state index is 0.833. The average molecular weight is 182 g/mol. The first-order valence-corrected chi connectivity index (χ1v) is 5.21. The molecule has 0 aliphatic heterocycles. The standard InChI is InChI=1S/C11H22N2/c1-4-7-8-12-9-11-13(6-3)10-5-2/h1,12H,5-11H2,2-3H3. The second-order valence-corrected chi connectivity index (χ2v) is 3.14. The van der Waals surface area contributed by atoms with Crippen LogP contribution < -0.4 is 5.32 Å². The van der Waals surface area contributed by atoms with Crippen LogP contribution in [-0.2, 0) is 0 Å². The highest BCUT2D eigenvalue weighted by Gasteiger charge is 1.98. The first-order chi connectivity index (χ1) is 6.35. The lowest BCUT2D eigenvalue weighted by molar-refractivity contribution is 0.288. The number of nitrogens with zero attached hydrogens (tertiary/aromatic N) is 1. The Hall–Kier alpha value is -0.520. The second-order valence-electron chi connectivity index (χ2n) is 3.14. The number of hydrogen-bond acceptors (Lipinski definition) is 2. The van der Waals surface area contributed by atoms with E-state index in [9.17, 15) is 0 Å². The van der Waals surface area contributed by atoms with E-state index in [2.05, 4.69) is 30.0 Å². The van der Waals surface area contributed by atoms with E-state index in [4.69, 9.17) is 6.42 Å². The van der Waals surface area contributed by atoms with Gasteiger partial charge in [0, 0.05) is 26.1 Å². The van der Waals surface area contributed by atoms with E-state index in [1.54, 1.807) is 0 Å². The molecule has 0 heterocycles. The summed E-state index contributed by atoms with van der Waals surface area (Å²) in [5.74, 6) is 2.62. The molecular weight excluding hydrogens is 160 g/mol. The van der Waals surface area contributed by atoms with Crippen LogP contribution in [0, 0.1) is 12.3 Å². The molecule has 0 unspecified atom stereocenters. The highest BCUT2D eigenvalue weighted by molar-refractivity contribution is 4.83. The van der Waals surface area contributed by atoms with E-state index in [1.165, 1.54) is 13.0 Å². The normalized spacial score (nSPS) is 10.3. The van der Waals surface area contributed by atoms with Crippen LogP contribution in [-0.4, -0.2) is 37.6 Å². The van der Waals surface area contributed by atoms with Gasteiger partial charge in [-0.25, -0.2) is 0 Å². The van der Waals surface area contributed by atoms with Crippen molar-refractivity contribution in [2.75, 3.05) is 32.7 Å². The zero-order valence-electron chi connectivity index (χ0n) is 8.97. The zero-order chi connectivity index (χ0) is 9.94. The number of nitrogens with one attached hydrogen (secondary N) is 1. The summed E-state index contributed by atoms with van der Waals surface area (Å²) in [6.45, 7) is 9.90. The first-order valence-electron chi connectivity index (χ1n) is 5.21. The van der Waals surface area contributed by atoms with Crippen LogP contribution in [0.2, 0.25) is 0 Å². The summed E-state index contributed by atoms with van der Waals surface area (Å²) in [6.07, 6.45) is 7.21. The van der Waals surface area contributed by atoms with Crippen LogP contribution in [0.4, 0.5) is 0 Å². The molecule has 0 aromatic heterocycles. The van der Waals surface area contributed by atoms with Crippen molar-refractivity contribution < 1.29 is 0 Å². The Kier molecular flexibility index (Phi) is 9.18. The Morgan fingerprint density at radius 3 is 2.54 bits per heavy atom. The predicted octanol–water partition coefficient (Wildman–Crippen LogP) is 1.33. The maximum absolute atomic E-state index is 5.14. The Morgan fingerprint density at radius 2 is 2.00 bits per heavy atom. The fourth-order valence-corrected chi connectivity index (χ4v) is 1.27. The second kappa shape index (κ2) is 9.57. The number of rotatable bonds is 8. The predicted molar refractivity (Wildman–Crippen MR) is 58.7 cm³/mol. The molecule has 0 amide bonds. The van der Waals surface area contributed by atoms with Crippen molar-refractivity contribution in [1.29, 1.82) is 0 Å². The molecule has 0 aromatic carbocycles. The third-order valence-electron chi connectivity index (χ3n) is 2.04. The minimum atomic E-state index is 0.833. The molecule has 0 aromatic rings. The van der Waals surface area contributed by atoms with Crippen molar-refractivity contribution in [3.05, 3.63) is 0 Å². The lowest BCUT2D eigenvalue weighted by atomic mass is 10.4. The summed E-state index contributed by atoms with van der Waals surface area (Å²) in [5, 5.41) is 3.33. The Labute approximate surface area is 82.7 Å². The number of likely N-dealkylation sites (N-methyl/N-ethyl adjacent to an activating group) is 1. The van der Waals surface area contributed by atoms with E-state index < -0.39 is 0 Å². The molecule has 0 spiro atoms. The molecule has 0 saturated carbocycles. The molecule has 2 heteroatoms. The van der Waals surface area contributed by atoms with Crippen molar-refractivity contribution in [3.8, 4) is 12.3 Å². The molecule has 0 aliphatic rings. The summed E-state index contributed by atoms with van der Waals surface area (Å²) in [6, 6.07) is 0. The van der Waals surface area contributed by atoms with Crippen molar-refractivity contribution in [2.45, 2.75) is 26.7 Å². The third-order valence-corrected chi connectivity index (χ3v) is 2.04. The smallest absolute Gasteiger partial charge is 0.0211 e. The van der Waals surface area contributed by atoms with Crippen LogP contribution in [0.15, 0.2) is 0 Å². The molecule has 2 nitrogen and oxygen atoms in total. The molecule has 0 aliphatic carbocycles. The first kappa shape index (κ1) is 12.5. The third kappa shape index (κ3) is 7.83. The van der Waals surface area contributed by atoms with Crippen LogP contribution in [0.3, 0.4) is 0 Å². The van der Waals surface area contributed by atoms with Gasteiger partial charge in [-0.2, -0.15) is 0 Å². The summed E-state index contributed by atoms with van der Waals surface area (Å²) in [7, 11) is 0. The van der Waals surface area contributed by atoms with E-state index >= 15 is 0 Å². The van der Waals surface area contributed by atoms with Gasteiger partial charge in [0.1, 0.15) is 0 Å². The fourth-order valence-electron chi connectivity index (χ4n) is 1.27. The van der Waals surface area contributed by atoms with Crippen LogP contribution in [0.1, 0.15) is 26.7 Å². The quantitative estimate of drug-likeness (QED) is 0.450. The van der Waals surface area contributed by atoms with Crippen molar-refractivity contribution in [2.24, 2.45) is 0 Å². The van der Waals surface area contributed by atoms with E-state index in [0.717, 1.165) is 32.6 Å². The van der Waals surface area contributed by atoms with Gasteiger partial charge in [-0.05, 0) is 19.5 Å². The van der Waals surface area contributed by atoms with Gasteiger partial charge in [-0.1, -0.05) is 13.8 Å². The number of terminal acetylenes is 1. The summed E-state index contributed by atoms with van der Waals surface area (Å²) >= 11 is 0. The zero-order valence-corrected chi connectivity index (χ0v) is 8.97.